The van der Waals surface area contributed by atoms with Crippen LogP contribution < -0.4 is 14.8 Å². The number of H-pyrrole nitrogens is 1. The number of carboxylic acid groups (broad SMARTS) is 1. The molecule has 0 amide bonds. The molecule has 1 aromatic carbocycles. The molecule has 0 atom stereocenters. The lowest BCUT2D eigenvalue weighted by Gasteiger charge is -2.06. The first-order valence-corrected chi connectivity index (χ1v) is 6.08. The van der Waals surface area contributed by atoms with Gasteiger partial charge in [0, 0.05) is 12.1 Å². The maximum atomic E-state index is 10.5. The lowest BCUT2D eigenvalue weighted by molar-refractivity contribution is -0.134. The first-order valence-electron chi connectivity index (χ1n) is 6.08. The molecule has 0 saturated carbocycles. The molecular formula is C12H13N5O4. The van der Waals surface area contributed by atoms with E-state index in [-0.39, 0.29) is 6.54 Å². The summed E-state index contributed by atoms with van der Waals surface area (Å²) < 4.78 is 12.1. The average Bonchev–Trinajstić information content (AvgIpc) is 3.00. The van der Waals surface area contributed by atoms with Crippen LogP contribution in [0, 0.1) is 0 Å². The third kappa shape index (κ3) is 2.18. The Bertz CT molecular complexity index is 822. The van der Waals surface area contributed by atoms with Gasteiger partial charge in [-0.05, 0) is 0 Å². The molecule has 0 radical (unpaired) electrons. The van der Waals surface area contributed by atoms with E-state index in [1.165, 1.54) is 0 Å². The quantitative estimate of drug-likeness (QED) is 0.634. The van der Waals surface area contributed by atoms with Gasteiger partial charge in [-0.1, -0.05) is 0 Å². The number of benzene rings is 1. The van der Waals surface area contributed by atoms with Gasteiger partial charge in [0.05, 0.1) is 25.3 Å². The molecule has 3 aromatic rings. The van der Waals surface area contributed by atoms with Gasteiger partial charge in [-0.15, -0.1) is 0 Å². The van der Waals surface area contributed by atoms with Crippen LogP contribution in [-0.2, 0) is 4.79 Å². The zero-order valence-electron chi connectivity index (χ0n) is 11.4. The molecule has 0 aliphatic rings. The number of hydrogen-bond acceptors (Lipinski definition) is 6. The summed E-state index contributed by atoms with van der Waals surface area (Å²) in [7, 11) is 3.10. The van der Waals surface area contributed by atoms with Crippen molar-refractivity contribution >= 4 is 28.7 Å². The van der Waals surface area contributed by atoms with Crippen molar-refractivity contribution in [2.75, 3.05) is 26.1 Å². The number of aliphatic carboxylic acids is 1. The molecule has 3 rings (SSSR count). The van der Waals surface area contributed by atoms with E-state index in [0.717, 1.165) is 5.52 Å². The third-order valence-electron chi connectivity index (χ3n) is 2.98. The van der Waals surface area contributed by atoms with Gasteiger partial charge in [0.2, 0.25) is 5.95 Å². The molecule has 0 unspecified atom stereocenters. The number of hydrogen-bond donors (Lipinski definition) is 3. The van der Waals surface area contributed by atoms with Crippen LogP contribution in [0.25, 0.3) is 16.8 Å². The Labute approximate surface area is 118 Å². The molecule has 0 fully saturated rings. The third-order valence-corrected chi connectivity index (χ3v) is 2.98. The molecule has 9 heteroatoms. The number of nitrogens with zero attached hydrogens (tertiary/aromatic N) is 3. The Kier molecular flexibility index (Phi) is 3.01. The number of aromatic nitrogens is 4. The van der Waals surface area contributed by atoms with Crippen molar-refractivity contribution < 1.29 is 19.4 Å². The summed E-state index contributed by atoms with van der Waals surface area (Å²) in [5, 5.41) is 14.2. The number of nitrogens with one attached hydrogen (secondary N) is 2. The van der Waals surface area contributed by atoms with Crippen molar-refractivity contribution in [1.29, 1.82) is 0 Å². The van der Waals surface area contributed by atoms with E-state index in [1.54, 1.807) is 30.9 Å². The first-order chi connectivity index (χ1) is 10.1. The number of carbonyl (C=O) groups is 1. The molecule has 3 N–H and O–H groups in total. The molecule has 21 heavy (non-hydrogen) atoms. The normalized spacial score (nSPS) is 11.0. The summed E-state index contributed by atoms with van der Waals surface area (Å²) in [5.74, 6) is 0.932. The zero-order chi connectivity index (χ0) is 15.0. The standard InChI is InChI=1S/C12H13N5O4/c1-20-8-3-6-7(4-9(8)21-2)17-12(14-6)15-11(16-17)13-5-10(18)19/h3-4H,5H2,1-2H3,(H,18,19)(H2,13,14,15,16). The molecule has 0 aliphatic heterocycles. The monoisotopic (exact) mass is 291 g/mol. The van der Waals surface area contributed by atoms with Crippen LogP contribution in [0.15, 0.2) is 12.1 Å². The Morgan fingerprint density at radius 3 is 2.71 bits per heavy atom. The van der Waals surface area contributed by atoms with E-state index >= 15 is 0 Å². The zero-order valence-corrected chi connectivity index (χ0v) is 11.4. The minimum absolute atomic E-state index is 0.230. The fourth-order valence-electron chi connectivity index (χ4n) is 2.05. The van der Waals surface area contributed by atoms with Gasteiger partial charge in [0.1, 0.15) is 6.54 Å². The number of aromatic amines is 1. The highest BCUT2D eigenvalue weighted by Crippen LogP contribution is 2.32. The molecule has 0 spiro atoms. The molecule has 2 heterocycles. The van der Waals surface area contributed by atoms with Crippen LogP contribution in [0.5, 0.6) is 11.5 Å². The minimum atomic E-state index is -0.972. The summed E-state index contributed by atoms with van der Waals surface area (Å²) in [4.78, 5) is 19.1. The number of carboxylic acids is 1. The number of rotatable bonds is 5. The number of methoxy groups -OCH3 is 2. The molecule has 0 saturated heterocycles. The molecule has 9 nitrogen and oxygen atoms in total. The predicted octanol–water partition coefficient (Wildman–Crippen LogP) is 0.724. The maximum Gasteiger partial charge on any atom is 0.322 e. The van der Waals surface area contributed by atoms with Crippen molar-refractivity contribution in [3.8, 4) is 11.5 Å². The Morgan fingerprint density at radius 2 is 2.05 bits per heavy atom. The summed E-state index contributed by atoms with van der Waals surface area (Å²) >= 11 is 0. The summed E-state index contributed by atoms with van der Waals surface area (Å²) in [6, 6.07) is 3.52. The van der Waals surface area contributed by atoms with E-state index < -0.39 is 5.97 Å². The number of fused-ring (bicyclic) bond motifs is 3. The van der Waals surface area contributed by atoms with Crippen molar-refractivity contribution in [3.05, 3.63) is 12.1 Å². The maximum absolute atomic E-state index is 10.5. The van der Waals surface area contributed by atoms with Crippen LogP contribution in [-0.4, -0.2) is 51.4 Å². The van der Waals surface area contributed by atoms with E-state index in [0.29, 0.717) is 28.7 Å². The van der Waals surface area contributed by atoms with Crippen LogP contribution in [0.3, 0.4) is 0 Å². The van der Waals surface area contributed by atoms with Crippen molar-refractivity contribution in [2.45, 2.75) is 0 Å². The molecule has 2 aromatic heterocycles. The average molecular weight is 291 g/mol. The molecule has 0 bridgehead atoms. The SMILES string of the molecule is COc1cc2nc3nc(NCC(=O)O)[nH]n3c2cc1OC. The smallest absolute Gasteiger partial charge is 0.322 e. The number of imidazole rings is 1. The molecule has 110 valence electrons. The van der Waals surface area contributed by atoms with Gasteiger partial charge in [0.25, 0.3) is 5.78 Å². The van der Waals surface area contributed by atoms with Crippen LogP contribution in [0.2, 0.25) is 0 Å². The molecule has 0 aliphatic carbocycles. The fraction of sp³-hybridized carbons (Fsp3) is 0.250. The number of ether oxygens (including phenoxy) is 2. The van der Waals surface area contributed by atoms with Crippen LogP contribution in [0.1, 0.15) is 0 Å². The topological polar surface area (TPSA) is 114 Å². The van der Waals surface area contributed by atoms with Crippen molar-refractivity contribution in [3.63, 3.8) is 0 Å². The highest BCUT2D eigenvalue weighted by atomic mass is 16.5. The van der Waals surface area contributed by atoms with E-state index in [4.69, 9.17) is 14.6 Å². The summed E-state index contributed by atoms with van der Waals surface area (Å²) in [5.41, 5.74) is 1.44. The Morgan fingerprint density at radius 1 is 1.33 bits per heavy atom. The summed E-state index contributed by atoms with van der Waals surface area (Å²) in [6.45, 7) is -0.230. The minimum Gasteiger partial charge on any atom is -0.493 e. The van der Waals surface area contributed by atoms with Crippen molar-refractivity contribution in [2.24, 2.45) is 0 Å². The van der Waals surface area contributed by atoms with Crippen molar-refractivity contribution in [1.82, 2.24) is 19.6 Å². The van der Waals surface area contributed by atoms with Crippen LogP contribution >= 0.6 is 0 Å². The number of anilines is 1. The van der Waals surface area contributed by atoms with Gasteiger partial charge in [-0.2, -0.15) is 4.98 Å². The Hall–Kier alpha value is -2.97. The lowest BCUT2D eigenvalue weighted by atomic mass is 10.3. The van der Waals surface area contributed by atoms with Gasteiger partial charge >= 0.3 is 5.97 Å². The highest BCUT2D eigenvalue weighted by molar-refractivity contribution is 5.83. The largest absolute Gasteiger partial charge is 0.493 e. The predicted molar refractivity (Wildman–Crippen MR) is 74.1 cm³/mol. The first kappa shape index (κ1) is 13.0. The second kappa shape index (κ2) is 4.85. The second-order valence-corrected chi connectivity index (χ2v) is 4.26. The lowest BCUT2D eigenvalue weighted by Crippen LogP contribution is -2.13. The van der Waals surface area contributed by atoms with Crippen LogP contribution in [0.4, 0.5) is 5.95 Å². The highest BCUT2D eigenvalue weighted by Gasteiger charge is 2.14. The second-order valence-electron chi connectivity index (χ2n) is 4.26. The van der Waals surface area contributed by atoms with Gasteiger partial charge in [-0.3, -0.25) is 9.89 Å². The van der Waals surface area contributed by atoms with E-state index in [1.807, 2.05) is 0 Å². The van der Waals surface area contributed by atoms with Gasteiger partial charge in [0.15, 0.2) is 11.5 Å². The van der Waals surface area contributed by atoms with Gasteiger partial charge < -0.3 is 19.9 Å². The van der Waals surface area contributed by atoms with Gasteiger partial charge in [-0.25, -0.2) is 9.50 Å². The Balaban J connectivity index is 2.08. The fourth-order valence-corrected chi connectivity index (χ4v) is 2.05. The van der Waals surface area contributed by atoms with E-state index in [9.17, 15) is 4.79 Å². The van der Waals surface area contributed by atoms with E-state index in [2.05, 4.69) is 20.4 Å². The summed E-state index contributed by atoms with van der Waals surface area (Å²) in [6.07, 6.45) is 0. The molecular weight excluding hydrogens is 278 g/mol.